The van der Waals surface area contributed by atoms with Crippen LogP contribution in [0.2, 0.25) is 0 Å². The molecule has 1 heterocycles. The SMILES string of the molecule is Cl.NC(C(=O)NCC(=O)NC1CCCCC1)C1CCOCC1. The third kappa shape index (κ3) is 6.10. The van der Waals surface area contributed by atoms with Crippen molar-refractivity contribution in [3.05, 3.63) is 0 Å². The predicted octanol–water partition coefficient (Wildman–Crippen LogP) is 0.727. The monoisotopic (exact) mass is 333 g/mol. The minimum absolute atomic E-state index is 0. The van der Waals surface area contributed by atoms with E-state index in [0.29, 0.717) is 13.2 Å². The van der Waals surface area contributed by atoms with E-state index in [1.54, 1.807) is 0 Å². The molecule has 2 amide bonds. The summed E-state index contributed by atoms with van der Waals surface area (Å²) in [6.07, 6.45) is 7.30. The van der Waals surface area contributed by atoms with Crippen LogP contribution in [0.25, 0.3) is 0 Å². The number of nitrogens with one attached hydrogen (secondary N) is 2. The molecule has 1 atom stereocenters. The summed E-state index contributed by atoms with van der Waals surface area (Å²) in [6, 6.07) is -0.274. The summed E-state index contributed by atoms with van der Waals surface area (Å²) < 4.78 is 5.26. The average molecular weight is 334 g/mol. The smallest absolute Gasteiger partial charge is 0.239 e. The number of amides is 2. The highest BCUT2D eigenvalue weighted by Gasteiger charge is 2.26. The van der Waals surface area contributed by atoms with E-state index in [9.17, 15) is 9.59 Å². The third-order valence-electron chi connectivity index (χ3n) is 4.47. The first kappa shape index (κ1) is 19.2. The lowest BCUT2D eigenvalue weighted by atomic mass is 9.92. The van der Waals surface area contributed by atoms with Crippen LogP contribution in [0, 0.1) is 5.92 Å². The number of rotatable bonds is 5. The van der Waals surface area contributed by atoms with Gasteiger partial charge in [0, 0.05) is 19.3 Å². The van der Waals surface area contributed by atoms with Crippen molar-refractivity contribution in [1.82, 2.24) is 10.6 Å². The summed E-state index contributed by atoms with van der Waals surface area (Å²) in [5, 5.41) is 5.63. The van der Waals surface area contributed by atoms with Gasteiger partial charge in [0.05, 0.1) is 12.6 Å². The van der Waals surface area contributed by atoms with Crippen LogP contribution in [0.4, 0.5) is 0 Å². The molecule has 0 aromatic heterocycles. The maximum Gasteiger partial charge on any atom is 0.239 e. The third-order valence-corrected chi connectivity index (χ3v) is 4.47. The highest BCUT2D eigenvalue weighted by molar-refractivity contribution is 5.87. The van der Waals surface area contributed by atoms with E-state index in [4.69, 9.17) is 10.5 Å². The lowest BCUT2D eigenvalue weighted by Crippen LogP contribution is -2.50. The fourth-order valence-corrected chi connectivity index (χ4v) is 3.10. The largest absolute Gasteiger partial charge is 0.381 e. The first-order valence-corrected chi connectivity index (χ1v) is 8.07. The lowest BCUT2D eigenvalue weighted by molar-refractivity contribution is -0.128. The van der Waals surface area contributed by atoms with E-state index in [0.717, 1.165) is 25.7 Å². The molecule has 0 spiro atoms. The summed E-state index contributed by atoms with van der Waals surface area (Å²) in [5.74, 6) is -0.199. The van der Waals surface area contributed by atoms with Crippen molar-refractivity contribution in [2.75, 3.05) is 19.8 Å². The van der Waals surface area contributed by atoms with E-state index in [1.165, 1.54) is 19.3 Å². The lowest BCUT2D eigenvalue weighted by Gasteiger charge is -2.27. The van der Waals surface area contributed by atoms with Crippen molar-refractivity contribution in [3.8, 4) is 0 Å². The summed E-state index contributed by atoms with van der Waals surface area (Å²) in [7, 11) is 0. The van der Waals surface area contributed by atoms with Crippen LogP contribution in [0.5, 0.6) is 0 Å². The van der Waals surface area contributed by atoms with Gasteiger partial charge in [-0.1, -0.05) is 19.3 Å². The molecule has 22 heavy (non-hydrogen) atoms. The zero-order valence-corrected chi connectivity index (χ0v) is 13.8. The van der Waals surface area contributed by atoms with Gasteiger partial charge in [0.2, 0.25) is 11.8 Å². The summed E-state index contributed by atoms with van der Waals surface area (Å²) in [6.45, 7) is 1.34. The molecule has 6 nitrogen and oxygen atoms in total. The number of ether oxygens (including phenoxy) is 1. The zero-order chi connectivity index (χ0) is 15.1. The van der Waals surface area contributed by atoms with E-state index >= 15 is 0 Å². The van der Waals surface area contributed by atoms with Crippen molar-refractivity contribution in [3.63, 3.8) is 0 Å². The second-order valence-electron chi connectivity index (χ2n) is 6.10. The first-order valence-electron chi connectivity index (χ1n) is 8.07. The van der Waals surface area contributed by atoms with Gasteiger partial charge in [-0.15, -0.1) is 12.4 Å². The number of hydrogen-bond donors (Lipinski definition) is 3. The molecule has 0 aromatic rings. The molecular formula is C15H28ClN3O3. The Labute approximate surface area is 138 Å². The second-order valence-corrected chi connectivity index (χ2v) is 6.10. The summed E-state index contributed by atoms with van der Waals surface area (Å²) in [4.78, 5) is 23.8. The molecule has 7 heteroatoms. The topological polar surface area (TPSA) is 93.5 Å². The second kappa shape index (κ2) is 10.0. The van der Waals surface area contributed by atoms with Crippen molar-refractivity contribution >= 4 is 24.2 Å². The molecule has 1 unspecified atom stereocenters. The van der Waals surface area contributed by atoms with Gasteiger partial charge in [-0.3, -0.25) is 9.59 Å². The van der Waals surface area contributed by atoms with Gasteiger partial charge in [0.1, 0.15) is 0 Å². The number of hydrogen-bond acceptors (Lipinski definition) is 4. The molecule has 1 saturated carbocycles. The molecule has 2 aliphatic rings. The van der Waals surface area contributed by atoms with Crippen molar-refractivity contribution in [2.24, 2.45) is 11.7 Å². The van der Waals surface area contributed by atoms with E-state index in [2.05, 4.69) is 10.6 Å². The Kier molecular flexibility index (Phi) is 8.75. The van der Waals surface area contributed by atoms with Gasteiger partial charge in [-0.25, -0.2) is 0 Å². The van der Waals surface area contributed by atoms with Crippen LogP contribution >= 0.6 is 12.4 Å². The van der Waals surface area contributed by atoms with Crippen LogP contribution in [0.15, 0.2) is 0 Å². The fourth-order valence-electron chi connectivity index (χ4n) is 3.10. The van der Waals surface area contributed by atoms with Crippen LogP contribution < -0.4 is 16.4 Å². The van der Waals surface area contributed by atoms with Gasteiger partial charge in [0.15, 0.2) is 0 Å². The summed E-state index contributed by atoms with van der Waals surface area (Å²) >= 11 is 0. The minimum Gasteiger partial charge on any atom is -0.381 e. The Morgan fingerprint density at radius 3 is 2.36 bits per heavy atom. The van der Waals surface area contributed by atoms with Gasteiger partial charge in [0.25, 0.3) is 0 Å². The Morgan fingerprint density at radius 1 is 1.09 bits per heavy atom. The minimum atomic E-state index is -0.545. The molecule has 4 N–H and O–H groups in total. The number of halogens is 1. The van der Waals surface area contributed by atoms with E-state index in [1.807, 2.05) is 0 Å². The van der Waals surface area contributed by atoms with Gasteiger partial charge < -0.3 is 21.1 Å². The zero-order valence-electron chi connectivity index (χ0n) is 13.0. The van der Waals surface area contributed by atoms with Gasteiger partial charge in [-0.05, 0) is 31.6 Å². The molecule has 1 saturated heterocycles. The Hall–Kier alpha value is -0.850. The van der Waals surface area contributed by atoms with Gasteiger partial charge in [-0.2, -0.15) is 0 Å². The maximum absolute atomic E-state index is 12.0. The van der Waals surface area contributed by atoms with Crippen LogP contribution in [-0.4, -0.2) is 43.7 Å². The Balaban J connectivity index is 0.00000242. The molecule has 128 valence electrons. The first-order chi connectivity index (χ1) is 10.2. The average Bonchev–Trinajstić information content (AvgIpc) is 2.53. The van der Waals surface area contributed by atoms with Crippen LogP contribution in [-0.2, 0) is 14.3 Å². The molecule has 2 fully saturated rings. The molecule has 0 radical (unpaired) electrons. The Morgan fingerprint density at radius 2 is 1.73 bits per heavy atom. The Bertz CT molecular complexity index is 356. The van der Waals surface area contributed by atoms with Crippen LogP contribution in [0.1, 0.15) is 44.9 Å². The normalized spacial score (nSPS) is 21.5. The van der Waals surface area contributed by atoms with Crippen molar-refractivity contribution in [2.45, 2.75) is 57.0 Å². The summed E-state index contributed by atoms with van der Waals surface area (Å²) in [5.41, 5.74) is 5.96. The number of carbonyl (C=O) groups excluding carboxylic acids is 2. The van der Waals surface area contributed by atoms with Crippen molar-refractivity contribution < 1.29 is 14.3 Å². The highest BCUT2D eigenvalue weighted by atomic mass is 35.5. The molecule has 1 aliphatic heterocycles. The molecule has 1 aliphatic carbocycles. The quantitative estimate of drug-likeness (QED) is 0.691. The molecule has 2 rings (SSSR count). The maximum atomic E-state index is 12.0. The van der Waals surface area contributed by atoms with Crippen molar-refractivity contribution in [1.29, 1.82) is 0 Å². The predicted molar refractivity (Wildman–Crippen MR) is 86.8 cm³/mol. The van der Waals surface area contributed by atoms with E-state index < -0.39 is 6.04 Å². The number of carbonyl (C=O) groups is 2. The standard InChI is InChI=1S/C15H27N3O3.ClH/c16-14(11-6-8-21-9-7-11)15(20)17-10-13(19)18-12-4-2-1-3-5-12;/h11-12,14H,1-10,16H2,(H,17,20)(H,18,19);1H. The molecular weight excluding hydrogens is 306 g/mol. The fraction of sp³-hybridized carbons (Fsp3) is 0.867. The van der Waals surface area contributed by atoms with E-state index in [-0.39, 0.29) is 42.7 Å². The number of nitrogens with two attached hydrogens (primary N) is 1. The highest BCUT2D eigenvalue weighted by Crippen LogP contribution is 2.18. The van der Waals surface area contributed by atoms with Gasteiger partial charge >= 0.3 is 0 Å². The van der Waals surface area contributed by atoms with Crippen LogP contribution in [0.3, 0.4) is 0 Å². The molecule has 0 bridgehead atoms. The molecule has 0 aromatic carbocycles.